The van der Waals surface area contributed by atoms with Crippen molar-refractivity contribution in [2.45, 2.75) is 32.7 Å². The Bertz CT molecular complexity index is 412. The predicted molar refractivity (Wildman–Crippen MR) is 68.5 cm³/mol. The maximum Gasteiger partial charge on any atom is 0.251 e. The fourth-order valence-corrected chi connectivity index (χ4v) is 2.20. The van der Waals surface area contributed by atoms with Gasteiger partial charge < -0.3 is 5.32 Å². The summed E-state index contributed by atoms with van der Waals surface area (Å²) in [6.07, 6.45) is 2.50. The van der Waals surface area contributed by atoms with Crippen LogP contribution >= 0.6 is 15.9 Å². The highest BCUT2D eigenvalue weighted by Gasteiger charge is 2.29. The standard InChI is InChI=1S/C13H16BrNO/c1-8-3-6-11(14)7-12(8)13(16)15-9(2)10-4-5-10/h3,6-7,9-10H,4-5H2,1-2H3,(H,15,16). The molecule has 86 valence electrons. The number of nitrogens with one attached hydrogen (secondary N) is 1. The summed E-state index contributed by atoms with van der Waals surface area (Å²) in [5, 5.41) is 3.07. The molecule has 0 aromatic heterocycles. The highest BCUT2D eigenvalue weighted by atomic mass is 79.9. The van der Waals surface area contributed by atoms with Gasteiger partial charge in [0.25, 0.3) is 5.91 Å². The number of benzene rings is 1. The molecule has 1 aliphatic rings. The van der Waals surface area contributed by atoms with E-state index in [4.69, 9.17) is 0 Å². The van der Waals surface area contributed by atoms with Gasteiger partial charge in [-0.2, -0.15) is 0 Å². The molecule has 1 unspecified atom stereocenters. The van der Waals surface area contributed by atoms with Crippen LogP contribution in [0, 0.1) is 12.8 Å². The van der Waals surface area contributed by atoms with E-state index in [0.717, 1.165) is 15.6 Å². The summed E-state index contributed by atoms with van der Waals surface area (Å²) in [4.78, 5) is 12.0. The molecular weight excluding hydrogens is 266 g/mol. The van der Waals surface area contributed by atoms with Gasteiger partial charge in [0.2, 0.25) is 0 Å². The predicted octanol–water partition coefficient (Wildman–Crippen LogP) is 3.29. The first-order valence-corrected chi connectivity index (χ1v) is 6.44. The smallest absolute Gasteiger partial charge is 0.251 e. The number of aryl methyl sites for hydroxylation is 1. The van der Waals surface area contributed by atoms with E-state index in [2.05, 4.69) is 28.2 Å². The molecule has 1 aromatic carbocycles. The Morgan fingerprint density at radius 1 is 1.50 bits per heavy atom. The first kappa shape index (κ1) is 11.6. The molecule has 1 saturated carbocycles. The third kappa shape index (κ3) is 2.64. The van der Waals surface area contributed by atoms with Gasteiger partial charge in [-0.1, -0.05) is 22.0 Å². The number of rotatable bonds is 3. The fraction of sp³-hybridized carbons (Fsp3) is 0.462. The molecule has 1 atom stereocenters. The minimum absolute atomic E-state index is 0.0400. The Morgan fingerprint density at radius 2 is 2.19 bits per heavy atom. The molecule has 0 spiro atoms. The van der Waals surface area contributed by atoms with E-state index in [0.29, 0.717) is 12.0 Å². The van der Waals surface area contributed by atoms with Gasteiger partial charge in [0.1, 0.15) is 0 Å². The summed E-state index contributed by atoms with van der Waals surface area (Å²) >= 11 is 3.39. The lowest BCUT2D eigenvalue weighted by atomic mass is 10.1. The maximum atomic E-state index is 12.0. The van der Waals surface area contributed by atoms with E-state index in [-0.39, 0.29) is 5.91 Å². The van der Waals surface area contributed by atoms with Crippen molar-refractivity contribution >= 4 is 21.8 Å². The summed E-state index contributed by atoms with van der Waals surface area (Å²) in [5.74, 6) is 0.731. The summed E-state index contributed by atoms with van der Waals surface area (Å²) in [6, 6.07) is 6.09. The Morgan fingerprint density at radius 3 is 2.81 bits per heavy atom. The summed E-state index contributed by atoms with van der Waals surface area (Å²) < 4.78 is 0.947. The second kappa shape index (κ2) is 4.58. The molecule has 16 heavy (non-hydrogen) atoms. The van der Waals surface area contributed by atoms with Gasteiger partial charge in [0.05, 0.1) is 0 Å². The molecule has 2 nitrogen and oxygen atoms in total. The zero-order chi connectivity index (χ0) is 11.7. The first-order chi connectivity index (χ1) is 7.58. The lowest BCUT2D eigenvalue weighted by Gasteiger charge is -2.14. The Hall–Kier alpha value is -0.830. The molecule has 1 fully saturated rings. The maximum absolute atomic E-state index is 12.0. The number of hydrogen-bond acceptors (Lipinski definition) is 1. The van der Waals surface area contributed by atoms with Crippen molar-refractivity contribution in [1.82, 2.24) is 5.32 Å². The summed E-state index contributed by atoms with van der Waals surface area (Å²) in [6.45, 7) is 4.05. The van der Waals surface area contributed by atoms with Crippen LogP contribution in [0.5, 0.6) is 0 Å². The van der Waals surface area contributed by atoms with Crippen molar-refractivity contribution in [3.05, 3.63) is 33.8 Å². The van der Waals surface area contributed by atoms with Crippen LogP contribution in [0.25, 0.3) is 0 Å². The van der Waals surface area contributed by atoms with Crippen molar-refractivity contribution in [2.75, 3.05) is 0 Å². The van der Waals surface area contributed by atoms with Gasteiger partial charge in [-0.3, -0.25) is 4.79 Å². The van der Waals surface area contributed by atoms with Gasteiger partial charge in [0.15, 0.2) is 0 Å². The average molecular weight is 282 g/mol. The van der Waals surface area contributed by atoms with Gasteiger partial charge in [0, 0.05) is 16.1 Å². The fourth-order valence-electron chi connectivity index (χ4n) is 1.84. The van der Waals surface area contributed by atoms with Gasteiger partial charge in [-0.25, -0.2) is 0 Å². The van der Waals surface area contributed by atoms with Crippen LogP contribution in [-0.2, 0) is 0 Å². The number of hydrogen-bond donors (Lipinski definition) is 1. The summed E-state index contributed by atoms with van der Waals surface area (Å²) in [7, 11) is 0. The second-order valence-electron chi connectivity index (χ2n) is 4.56. The lowest BCUT2D eigenvalue weighted by molar-refractivity contribution is 0.0935. The van der Waals surface area contributed by atoms with E-state index in [1.165, 1.54) is 12.8 Å². The SMILES string of the molecule is Cc1ccc(Br)cc1C(=O)NC(C)C1CC1. The van der Waals surface area contributed by atoms with E-state index >= 15 is 0 Å². The number of carbonyl (C=O) groups excluding carboxylic acids is 1. The van der Waals surface area contributed by atoms with Gasteiger partial charge in [-0.05, 0) is 50.3 Å². The van der Waals surface area contributed by atoms with E-state index < -0.39 is 0 Å². The second-order valence-corrected chi connectivity index (χ2v) is 5.47. The monoisotopic (exact) mass is 281 g/mol. The molecule has 3 heteroatoms. The Kier molecular flexibility index (Phi) is 3.33. The van der Waals surface area contributed by atoms with Gasteiger partial charge >= 0.3 is 0 Å². The molecular formula is C13H16BrNO. The Balaban J connectivity index is 2.10. The molecule has 0 aliphatic heterocycles. The largest absolute Gasteiger partial charge is 0.349 e. The van der Waals surface area contributed by atoms with Crippen LogP contribution in [-0.4, -0.2) is 11.9 Å². The molecule has 0 heterocycles. The molecule has 0 radical (unpaired) electrons. The van der Waals surface area contributed by atoms with E-state index in [9.17, 15) is 4.79 Å². The van der Waals surface area contributed by atoms with Crippen LogP contribution in [0.2, 0.25) is 0 Å². The zero-order valence-corrected chi connectivity index (χ0v) is 11.2. The molecule has 1 N–H and O–H groups in total. The van der Waals surface area contributed by atoms with Crippen LogP contribution in [0.1, 0.15) is 35.7 Å². The third-order valence-corrected chi connectivity index (χ3v) is 3.63. The van der Waals surface area contributed by atoms with Crippen LogP contribution in [0.3, 0.4) is 0 Å². The summed E-state index contributed by atoms with van der Waals surface area (Å²) in [5.41, 5.74) is 1.78. The third-order valence-electron chi connectivity index (χ3n) is 3.13. The lowest BCUT2D eigenvalue weighted by Crippen LogP contribution is -2.34. The Labute approximate surface area is 105 Å². The van der Waals surface area contributed by atoms with Crippen molar-refractivity contribution in [1.29, 1.82) is 0 Å². The molecule has 0 bridgehead atoms. The highest BCUT2D eigenvalue weighted by molar-refractivity contribution is 9.10. The van der Waals surface area contributed by atoms with Crippen LogP contribution in [0.4, 0.5) is 0 Å². The number of halogens is 1. The molecule has 1 aromatic rings. The zero-order valence-electron chi connectivity index (χ0n) is 9.59. The molecule has 2 rings (SSSR count). The van der Waals surface area contributed by atoms with Crippen LogP contribution in [0.15, 0.2) is 22.7 Å². The minimum atomic E-state index is 0.0400. The van der Waals surface area contributed by atoms with E-state index in [1.807, 2.05) is 25.1 Å². The van der Waals surface area contributed by atoms with E-state index in [1.54, 1.807) is 0 Å². The molecule has 1 aliphatic carbocycles. The topological polar surface area (TPSA) is 29.1 Å². The quantitative estimate of drug-likeness (QED) is 0.905. The number of carbonyl (C=O) groups is 1. The van der Waals surface area contributed by atoms with Gasteiger partial charge in [-0.15, -0.1) is 0 Å². The van der Waals surface area contributed by atoms with Crippen molar-refractivity contribution in [3.8, 4) is 0 Å². The average Bonchev–Trinajstić information content (AvgIpc) is 3.04. The normalized spacial score (nSPS) is 16.9. The minimum Gasteiger partial charge on any atom is -0.349 e. The highest BCUT2D eigenvalue weighted by Crippen LogP contribution is 2.32. The van der Waals surface area contributed by atoms with Crippen molar-refractivity contribution < 1.29 is 4.79 Å². The first-order valence-electron chi connectivity index (χ1n) is 5.65. The molecule has 1 amide bonds. The van der Waals surface area contributed by atoms with Crippen molar-refractivity contribution in [2.24, 2.45) is 5.92 Å². The van der Waals surface area contributed by atoms with Crippen LogP contribution < -0.4 is 5.32 Å². The van der Waals surface area contributed by atoms with Crippen molar-refractivity contribution in [3.63, 3.8) is 0 Å². The molecule has 0 saturated heterocycles. The number of amides is 1.